The van der Waals surface area contributed by atoms with Crippen LogP contribution in [0.3, 0.4) is 0 Å². The largest absolute Gasteiger partial charge is 0.309 e. The van der Waals surface area contributed by atoms with Crippen LogP contribution in [0.2, 0.25) is 0 Å². The average molecular weight is 301 g/mol. The molecule has 1 N–H and O–H groups in total. The monoisotopic (exact) mass is 301 g/mol. The molecule has 2 aromatic rings. The van der Waals surface area contributed by atoms with Crippen molar-refractivity contribution in [3.05, 3.63) is 24.5 Å². The molecule has 1 fully saturated rings. The molecule has 1 aliphatic rings. The Hall–Kier alpha value is -1.95. The number of amides is 1. The SMILES string of the molecule is CC(C)[C@@H](C(=O)Nc1ccnc2ccnn12)N1CCCCC1. The molecule has 0 spiro atoms. The van der Waals surface area contributed by atoms with Crippen LogP contribution >= 0.6 is 0 Å². The van der Waals surface area contributed by atoms with E-state index in [2.05, 4.69) is 34.1 Å². The van der Waals surface area contributed by atoms with E-state index in [9.17, 15) is 4.79 Å². The first-order chi connectivity index (χ1) is 10.7. The van der Waals surface area contributed by atoms with Crippen molar-refractivity contribution in [3.8, 4) is 0 Å². The van der Waals surface area contributed by atoms with Crippen molar-refractivity contribution in [3.63, 3.8) is 0 Å². The number of anilines is 1. The first-order valence-corrected chi connectivity index (χ1v) is 8.00. The molecule has 2 aromatic heterocycles. The molecule has 1 atom stereocenters. The minimum atomic E-state index is -0.0981. The van der Waals surface area contributed by atoms with Gasteiger partial charge in [0.05, 0.1) is 12.2 Å². The Kier molecular flexibility index (Phi) is 4.38. The Morgan fingerprint density at radius 2 is 1.95 bits per heavy atom. The van der Waals surface area contributed by atoms with Gasteiger partial charge in [0.2, 0.25) is 5.91 Å². The van der Waals surface area contributed by atoms with Crippen molar-refractivity contribution < 1.29 is 4.79 Å². The summed E-state index contributed by atoms with van der Waals surface area (Å²) in [5.41, 5.74) is 0.733. The van der Waals surface area contributed by atoms with Gasteiger partial charge in [0, 0.05) is 12.3 Å². The predicted molar refractivity (Wildman–Crippen MR) is 85.7 cm³/mol. The first kappa shape index (κ1) is 15.0. The summed E-state index contributed by atoms with van der Waals surface area (Å²) in [7, 11) is 0. The molecule has 0 radical (unpaired) electrons. The Morgan fingerprint density at radius 3 is 2.68 bits per heavy atom. The van der Waals surface area contributed by atoms with Crippen molar-refractivity contribution in [2.24, 2.45) is 5.92 Å². The molecule has 0 aromatic carbocycles. The smallest absolute Gasteiger partial charge is 0.243 e. The fraction of sp³-hybridized carbons (Fsp3) is 0.562. The Balaban J connectivity index is 1.80. The van der Waals surface area contributed by atoms with E-state index in [-0.39, 0.29) is 17.9 Å². The standard InChI is InChI=1S/C16H23N5O/c1-12(2)15(20-10-4-3-5-11-20)16(22)19-14-6-8-17-13-7-9-18-21(13)14/h6-9,12,15H,3-5,10-11H2,1-2H3,(H,19,22)/t15-/m0/s1. The summed E-state index contributed by atoms with van der Waals surface area (Å²) in [5, 5.41) is 7.24. The maximum absolute atomic E-state index is 12.8. The van der Waals surface area contributed by atoms with Gasteiger partial charge in [0.25, 0.3) is 0 Å². The van der Waals surface area contributed by atoms with Gasteiger partial charge in [-0.25, -0.2) is 4.98 Å². The molecular weight excluding hydrogens is 278 g/mol. The van der Waals surface area contributed by atoms with Gasteiger partial charge in [-0.15, -0.1) is 0 Å². The lowest BCUT2D eigenvalue weighted by Crippen LogP contribution is -2.49. The third-order valence-corrected chi connectivity index (χ3v) is 4.23. The van der Waals surface area contributed by atoms with E-state index in [0.29, 0.717) is 5.82 Å². The number of piperidine rings is 1. The number of likely N-dealkylation sites (tertiary alicyclic amines) is 1. The molecule has 0 aliphatic carbocycles. The summed E-state index contributed by atoms with van der Waals surface area (Å²) in [4.78, 5) is 19.3. The van der Waals surface area contributed by atoms with Gasteiger partial charge in [-0.1, -0.05) is 20.3 Å². The van der Waals surface area contributed by atoms with Crippen molar-refractivity contribution in [2.75, 3.05) is 18.4 Å². The van der Waals surface area contributed by atoms with Crippen molar-refractivity contribution in [1.82, 2.24) is 19.5 Å². The minimum Gasteiger partial charge on any atom is -0.309 e. The summed E-state index contributed by atoms with van der Waals surface area (Å²) in [5.74, 6) is 0.982. The highest BCUT2D eigenvalue weighted by Crippen LogP contribution is 2.19. The molecule has 1 amide bonds. The highest BCUT2D eigenvalue weighted by Gasteiger charge is 2.30. The molecule has 1 aliphatic heterocycles. The second kappa shape index (κ2) is 6.44. The molecule has 118 valence electrons. The van der Waals surface area contributed by atoms with Crippen LogP contribution in [0.15, 0.2) is 24.5 Å². The zero-order valence-corrected chi connectivity index (χ0v) is 13.2. The summed E-state index contributed by atoms with van der Waals surface area (Å²) in [6.07, 6.45) is 6.99. The second-order valence-corrected chi connectivity index (χ2v) is 6.21. The lowest BCUT2D eigenvalue weighted by Gasteiger charge is -2.35. The van der Waals surface area contributed by atoms with E-state index >= 15 is 0 Å². The van der Waals surface area contributed by atoms with Gasteiger partial charge in [-0.3, -0.25) is 9.69 Å². The zero-order valence-electron chi connectivity index (χ0n) is 13.2. The fourth-order valence-electron chi connectivity index (χ4n) is 3.22. The zero-order chi connectivity index (χ0) is 15.5. The topological polar surface area (TPSA) is 62.5 Å². The molecule has 3 rings (SSSR count). The van der Waals surface area contributed by atoms with Gasteiger partial charge in [0.1, 0.15) is 5.82 Å². The van der Waals surface area contributed by atoms with E-state index in [1.165, 1.54) is 19.3 Å². The normalized spacial score (nSPS) is 17.8. The minimum absolute atomic E-state index is 0.0416. The fourth-order valence-corrected chi connectivity index (χ4v) is 3.22. The predicted octanol–water partition coefficient (Wildman–Crippen LogP) is 2.18. The number of nitrogens with one attached hydrogen (secondary N) is 1. The number of carbonyl (C=O) groups is 1. The van der Waals surface area contributed by atoms with Crippen LogP contribution in [0.1, 0.15) is 33.1 Å². The van der Waals surface area contributed by atoms with Gasteiger partial charge in [-0.2, -0.15) is 9.61 Å². The lowest BCUT2D eigenvalue weighted by atomic mass is 9.98. The van der Waals surface area contributed by atoms with Crippen LogP contribution in [0.25, 0.3) is 5.65 Å². The summed E-state index contributed by atoms with van der Waals surface area (Å²) >= 11 is 0. The maximum Gasteiger partial charge on any atom is 0.243 e. The molecular formula is C16H23N5O. The van der Waals surface area contributed by atoms with Crippen LogP contribution in [0.4, 0.5) is 5.82 Å². The molecule has 0 bridgehead atoms. The van der Waals surface area contributed by atoms with Crippen LogP contribution in [-0.2, 0) is 4.79 Å². The van der Waals surface area contributed by atoms with Crippen LogP contribution in [-0.4, -0.2) is 44.5 Å². The third kappa shape index (κ3) is 2.97. The number of fused-ring (bicyclic) bond motifs is 1. The summed E-state index contributed by atoms with van der Waals surface area (Å²) in [6.45, 7) is 6.22. The molecule has 0 unspecified atom stereocenters. The number of carbonyl (C=O) groups excluding carboxylic acids is 1. The molecule has 0 saturated carbocycles. The second-order valence-electron chi connectivity index (χ2n) is 6.21. The average Bonchev–Trinajstić information content (AvgIpc) is 2.97. The summed E-state index contributed by atoms with van der Waals surface area (Å²) < 4.78 is 1.66. The number of hydrogen-bond acceptors (Lipinski definition) is 4. The maximum atomic E-state index is 12.8. The van der Waals surface area contributed by atoms with Crippen LogP contribution in [0.5, 0.6) is 0 Å². The van der Waals surface area contributed by atoms with Crippen molar-refractivity contribution in [1.29, 1.82) is 0 Å². The molecule has 22 heavy (non-hydrogen) atoms. The molecule has 6 nitrogen and oxygen atoms in total. The molecule has 1 saturated heterocycles. The van der Waals surface area contributed by atoms with Gasteiger partial charge in [-0.05, 0) is 37.9 Å². The van der Waals surface area contributed by atoms with E-state index in [1.54, 1.807) is 23.0 Å². The van der Waals surface area contributed by atoms with Crippen molar-refractivity contribution >= 4 is 17.4 Å². The number of rotatable bonds is 4. The van der Waals surface area contributed by atoms with Crippen molar-refractivity contribution in [2.45, 2.75) is 39.2 Å². The highest BCUT2D eigenvalue weighted by atomic mass is 16.2. The quantitative estimate of drug-likeness (QED) is 0.940. The van der Waals surface area contributed by atoms with E-state index in [4.69, 9.17) is 0 Å². The van der Waals surface area contributed by atoms with Crippen LogP contribution < -0.4 is 5.32 Å². The Morgan fingerprint density at radius 1 is 1.18 bits per heavy atom. The van der Waals surface area contributed by atoms with Gasteiger partial charge < -0.3 is 5.32 Å². The third-order valence-electron chi connectivity index (χ3n) is 4.23. The highest BCUT2D eigenvalue weighted by molar-refractivity contribution is 5.94. The lowest BCUT2D eigenvalue weighted by molar-refractivity contribution is -0.123. The number of nitrogens with zero attached hydrogens (tertiary/aromatic N) is 4. The van der Waals surface area contributed by atoms with E-state index in [1.807, 2.05) is 6.07 Å². The number of hydrogen-bond donors (Lipinski definition) is 1. The van der Waals surface area contributed by atoms with E-state index < -0.39 is 0 Å². The van der Waals surface area contributed by atoms with Gasteiger partial charge in [0.15, 0.2) is 5.65 Å². The Labute approximate surface area is 130 Å². The molecule has 3 heterocycles. The van der Waals surface area contributed by atoms with E-state index in [0.717, 1.165) is 18.7 Å². The van der Waals surface area contributed by atoms with Gasteiger partial charge >= 0.3 is 0 Å². The van der Waals surface area contributed by atoms with Crippen LogP contribution in [0, 0.1) is 5.92 Å². The molecule has 6 heteroatoms. The summed E-state index contributed by atoms with van der Waals surface area (Å²) in [6, 6.07) is 3.50. The number of aromatic nitrogens is 3. The first-order valence-electron chi connectivity index (χ1n) is 8.00. The Bertz CT molecular complexity index is 645.